The van der Waals surface area contributed by atoms with Gasteiger partial charge in [0.15, 0.2) is 0 Å². The van der Waals surface area contributed by atoms with E-state index in [-0.39, 0.29) is 0 Å². The van der Waals surface area contributed by atoms with Crippen LogP contribution in [0, 0.1) is 13.8 Å². The molecule has 0 aliphatic heterocycles. The summed E-state index contributed by atoms with van der Waals surface area (Å²) >= 11 is 3.50. The first kappa shape index (κ1) is 13.4. The predicted octanol–water partition coefficient (Wildman–Crippen LogP) is 4.89. The number of hydrogen-bond donors (Lipinski definition) is 1. The molecular weight excluding hydrogens is 316 g/mol. The van der Waals surface area contributed by atoms with Gasteiger partial charge in [-0.05, 0) is 37.1 Å². The molecular formula is C17H15BrO2. The van der Waals surface area contributed by atoms with E-state index in [0.717, 1.165) is 32.1 Å². The van der Waals surface area contributed by atoms with Gasteiger partial charge in [0.1, 0.15) is 17.4 Å². The highest BCUT2D eigenvalue weighted by atomic mass is 79.9. The largest absolute Gasteiger partial charge is 0.458 e. The lowest BCUT2D eigenvalue weighted by Crippen LogP contribution is -1.99. The van der Waals surface area contributed by atoms with E-state index in [0.29, 0.717) is 5.76 Å². The minimum Gasteiger partial charge on any atom is -0.458 e. The maximum atomic E-state index is 10.5. The quantitative estimate of drug-likeness (QED) is 0.725. The van der Waals surface area contributed by atoms with Crippen molar-refractivity contribution >= 4 is 26.9 Å². The molecule has 0 aliphatic rings. The molecule has 0 bridgehead atoms. The first-order valence-electron chi connectivity index (χ1n) is 6.49. The van der Waals surface area contributed by atoms with E-state index in [2.05, 4.69) is 15.9 Å². The van der Waals surface area contributed by atoms with Crippen LogP contribution in [0.3, 0.4) is 0 Å². The zero-order valence-electron chi connectivity index (χ0n) is 11.4. The number of hydrogen-bond acceptors (Lipinski definition) is 2. The fourth-order valence-corrected chi connectivity index (χ4v) is 3.08. The van der Waals surface area contributed by atoms with E-state index in [1.165, 1.54) is 0 Å². The van der Waals surface area contributed by atoms with Gasteiger partial charge in [0.25, 0.3) is 0 Å². The number of para-hydroxylation sites is 1. The number of aliphatic hydroxyl groups excluding tert-OH is 1. The van der Waals surface area contributed by atoms with Crippen LogP contribution in [0.4, 0.5) is 0 Å². The average molecular weight is 331 g/mol. The molecule has 3 heteroatoms. The third-order valence-corrected chi connectivity index (χ3v) is 4.17. The molecule has 20 heavy (non-hydrogen) atoms. The second kappa shape index (κ2) is 5.08. The lowest BCUT2D eigenvalue weighted by atomic mass is 10.1. The molecule has 0 amide bonds. The van der Waals surface area contributed by atoms with Crippen LogP contribution in [0.25, 0.3) is 11.0 Å². The van der Waals surface area contributed by atoms with Crippen molar-refractivity contribution in [2.75, 3.05) is 0 Å². The van der Waals surface area contributed by atoms with Crippen LogP contribution in [0.15, 0.2) is 51.4 Å². The lowest BCUT2D eigenvalue weighted by molar-refractivity contribution is 0.191. The Bertz CT molecular complexity index is 774. The maximum absolute atomic E-state index is 10.5. The Balaban J connectivity index is 2.08. The highest BCUT2D eigenvalue weighted by Gasteiger charge is 2.18. The third-order valence-electron chi connectivity index (χ3n) is 3.48. The number of rotatable bonds is 2. The summed E-state index contributed by atoms with van der Waals surface area (Å²) in [5.74, 6) is 0.568. The number of furan rings is 1. The lowest BCUT2D eigenvalue weighted by Gasteiger charge is -2.10. The van der Waals surface area contributed by atoms with Gasteiger partial charge in [-0.3, -0.25) is 0 Å². The van der Waals surface area contributed by atoms with Crippen LogP contribution in [0.5, 0.6) is 0 Å². The van der Waals surface area contributed by atoms with Gasteiger partial charge in [-0.2, -0.15) is 0 Å². The van der Waals surface area contributed by atoms with Crippen molar-refractivity contribution in [2.24, 2.45) is 0 Å². The van der Waals surface area contributed by atoms with Crippen molar-refractivity contribution in [3.8, 4) is 0 Å². The third kappa shape index (κ3) is 2.28. The predicted molar refractivity (Wildman–Crippen MR) is 83.9 cm³/mol. The summed E-state index contributed by atoms with van der Waals surface area (Å²) in [6.07, 6.45) is -0.767. The first-order valence-corrected chi connectivity index (χ1v) is 7.29. The smallest absolute Gasteiger partial charge is 0.138 e. The highest BCUT2D eigenvalue weighted by molar-refractivity contribution is 9.10. The van der Waals surface area contributed by atoms with Crippen molar-refractivity contribution in [1.29, 1.82) is 0 Å². The summed E-state index contributed by atoms with van der Waals surface area (Å²) in [5, 5.41) is 11.5. The zero-order valence-corrected chi connectivity index (χ0v) is 12.9. The van der Waals surface area contributed by atoms with E-state index in [1.807, 2.05) is 56.3 Å². The number of aryl methyl sites for hydroxylation is 2. The van der Waals surface area contributed by atoms with Gasteiger partial charge in [0.2, 0.25) is 0 Å². The summed E-state index contributed by atoms with van der Waals surface area (Å²) in [7, 11) is 0. The number of aliphatic hydroxyl groups is 1. The van der Waals surface area contributed by atoms with Crippen LogP contribution >= 0.6 is 15.9 Å². The van der Waals surface area contributed by atoms with Crippen LogP contribution in [-0.4, -0.2) is 5.11 Å². The van der Waals surface area contributed by atoms with Crippen LogP contribution in [0.2, 0.25) is 0 Å². The molecule has 3 rings (SSSR count). The van der Waals surface area contributed by atoms with Gasteiger partial charge in [-0.15, -0.1) is 0 Å². The second-order valence-corrected chi connectivity index (χ2v) is 5.92. The van der Waals surface area contributed by atoms with Gasteiger partial charge >= 0.3 is 0 Å². The van der Waals surface area contributed by atoms with Gasteiger partial charge in [0, 0.05) is 15.4 Å². The van der Waals surface area contributed by atoms with Crippen LogP contribution in [-0.2, 0) is 0 Å². The molecule has 1 heterocycles. The summed E-state index contributed by atoms with van der Waals surface area (Å²) in [6, 6.07) is 13.8. The van der Waals surface area contributed by atoms with E-state index >= 15 is 0 Å². The highest BCUT2D eigenvalue weighted by Crippen LogP contribution is 2.33. The van der Waals surface area contributed by atoms with Crippen molar-refractivity contribution in [1.82, 2.24) is 0 Å². The first-order chi connectivity index (χ1) is 9.56. The minimum absolute atomic E-state index is 0.568. The van der Waals surface area contributed by atoms with E-state index in [4.69, 9.17) is 4.42 Å². The fraction of sp³-hybridized carbons (Fsp3) is 0.176. The molecule has 1 N–H and O–H groups in total. The summed E-state index contributed by atoms with van der Waals surface area (Å²) in [5.41, 5.74) is 3.87. The normalized spacial score (nSPS) is 12.8. The molecule has 0 fully saturated rings. The number of fused-ring (bicyclic) bond motifs is 1. The second-order valence-electron chi connectivity index (χ2n) is 5.07. The van der Waals surface area contributed by atoms with E-state index in [9.17, 15) is 5.11 Å². The molecule has 0 aliphatic carbocycles. The van der Waals surface area contributed by atoms with Gasteiger partial charge in [-0.1, -0.05) is 46.3 Å². The topological polar surface area (TPSA) is 33.4 Å². The van der Waals surface area contributed by atoms with Crippen molar-refractivity contribution < 1.29 is 9.52 Å². The number of halogens is 1. The molecule has 0 spiro atoms. The molecule has 102 valence electrons. The fourth-order valence-electron chi connectivity index (χ4n) is 2.37. The van der Waals surface area contributed by atoms with Gasteiger partial charge in [-0.25, -0.2) is 0 Å². The molecule has 3 aromatic rings. The summed E-state index contributed by atoms with van der Waals surface area (Å²) in [4.78, 5) is 0. The molecule has 1 aromatic heterocycles. The number of benzene rings is 2. The Kier molecular flexibility index (Phi) is 3.40. The van der Waals surface area contributed by atoms with Crippen LogP contribution in [0.1, 0.15) is 28.6 Å². The Morgan fingerprint density at radius 3 is 2.60 bits per heavy atom. The average Bonchev–Trinajstić information content (AvgIpc) is 2.83. The molecule has 0 radical (unpaired) electrons. The van der Waals surface area contributed by atoms with E-state index in [1.54, 1.807) is 0 Å². The minimum atomic E-state index is -0.767. The summed E-state index contributed by atoms with van der Waals surface area (Å²) < 4.78 is 6.72. The van der Waals surface area contributed by atoms with E-state index < -0.39 is 6.10 Å². The Labute approximate surface area is 126 Å². The monoisotopic (exact) mass is 330 g/mol. The van der Waals surface area contributed by atoms with Crippen molar-refractivity contribution in [3.63, 3.8) is 0 Å². The maximum Gasteiger partial charge on any atom is 0.138 e. The molecule has 1 unspecified atom stereocenters. The molecule has 2 nitrogen and oxygen atoms in total. The molecule has 0 saturated carbocycles. The van der Waals surface area contributed by atoms with Gasteiger partial charge in [0.05, 0.1) is 0 Å². The Morgan fingerprint density at radius 1 is 1.10 bits per heavy atom. The Hall–Kier alpha value is -1.58. The van der Waals surface area contributed by atoms with Crippen LogP contribution < -0.4 is 0 Å². The van der Waals surface area contributed by atoms with Crippen molar-refractivity contribution in [2.45, 2.75) is 20.0 Å². The molecule has 1 atom stereocenters. The standard InChI is InChI=1S/C17H15BrO2/c1-10-6-7-13(14(18)8-10)16(19)15-9-12-5-3-4-11(2)17(12)20-15/h3-9,16,19H,1-2H3. The molecule has 0 saturated heterocycles. The molecule has 2 aromatic carbocycles. The SMILES string of the molecule is Cc1ccc(C(O)c2cc3cccc(C)c3o2)c(Br)c1. The Morgan fingerprint density at radius 2 is 1.90 bits per heavy atom. The zero-order chi connectivity index (χ0) is 14.3. The van der Waals surface area contributed by atoms with Crippen molar-refractivity contribution in [3.05, 3.63) is 69.4 Å². The summed E-state index contributed by atoms with van der Waals surface area (Å²) in [6.45, 7) is 4.02. The van der Waals surface area contributed by atoms with Gasteiger partial charge < -0.3 is 9.52 Å².